The van der Waals surface area contributed by atoms with Gasteiger partial charge in [0, 0.05) is 19.3 Å². The van der Waals surface area contributed by atoms with Gasteiger partial charge in [0.1, 0.15) is 5.82 Å². The Hall–Kier alpha value is -1.87. The van der Waals surface area contributed by atoms with Crippen molar-refractivity contribution in [2.24, 2.45) is 5.73 Å². The van der Waals surface area contributed by atoms with E-state index in [1.54, 1.807) is 12.1 Å². The third kappa shape index (κ3) is 2.99. The van der Waals surface area contributed by atoms with Crippen LogP contribution in [0.25, 0.3) is 0 Å². The van der Waals surface area contributed by atoms with Crippen LogP contribution in [0.2, 0.25) is 0 Å². The molecule has 0 amide bonds. The Kier molecular flexibility index (Phi) is 4.40. The first-order valence-corrected chi connectivity index (χ1v) is 6.78. The SMILES string of the molecule is Cc1ccc(N(C)C(CN)c2cccc(F)c2)c(C)c1. The van der Waals surface area contributed by atoms with E-state index in [0.717, 1.165) is 11.3 Å². The van der Waals surface area contributed by atoms with Crippen LogP contribution in [0.4, 0.5) is 10.1 Å². The summed E-state index contributed by atoms with van der Waals surface area (Å²) in [6.45, 7) is 4.59. The van der Waals surface area contributed by atoms with Crippen LogP contribution in [0.1, 0.15) is 22.7 Å². The molecule has 0 saturated heterocycles. The van der Waals surface area contributed by atoms with Crippen molar-refractivity contribution >= 4 is 5.69 Å². The number of likely N-dealkylation sites (N-methyl/N-ethyl adjacent to an activating group) is 1. The normalized spacial score (nSPS) is 12.2. The summed E-state index contributed by atoms with van der Waals surface area (Å²) < 4.78 is 13.4. The standard InChI is InChI=1S/C17H21FN2/c1-12-7-8-16(13(2)9-12)20(3)17(11-19)14-5-4-6-15(18)10-14/h4-10,17H,11,19H2,1-3H3. The van der Waals surface area contributed by atoms with Gasteiger partial charge in [-0.2, -0.15) is 0 Å². The average Bonchev–Trinajstić information content (AvgIpc) is 2.39. The fourth-order valence-corrected chi connectivity index (χ4v) is 2.60. The van der Waals surface area contributed by atoms with Crippen LogP contribution in [0.5, 0.6) is 0 Å². The Morgan fingerprint density at radius 2 is 1.90 bits per heavy atom. The number of hydrogen-bond donors (Lipinski definition) is 1. The third-order valence-electron chi connectivity index (χ3n) is 3.66. The molecule has 1 unspecified atom stereocenters. The molecule has 2 aromatic rings. The van der Waals surface area contributed by atoms with Crippen LogP contribution in [-0.4, -0.2) is 13.6 Å². The molecule has 2 aromatic carbocycles. The van der Waals surface area contributed by atoms with Gasteiger partial charge in [-0.1, -0.05) is 29.8 Å². The van der Waals surface area contributed by atoms with Crippen molar-refractivity contribution in [3.05, 3.63) is 65.0 Å². The molecule has 0 aliphatic carbocycles. The fourth-order valence-electron chi connectivity index (χ4n) is 2.60. The van der Waals surface area contributed by atoms with Crippen molar-refractivity contribution in [1.29, 1.82) is 0 Å². The highest BCUT2D eigenvalue weighted by molar-refractivity contribution is 5.55. The maximum Gasteiger partial charge on any atom is 0.123 e. The predicted octanol–water partition coefficient (Wildman–Crippen LogP) is 3.58. The van der Waals surface area contributed by atoms with Gasteiger partial charge in [-0.15, -0.1) is 0 Å². The molecule has 20 heavy (non-hydrogen) atoms. The Bertz CT molecular complexity index is 595. The summed E-state index contributed by atoms with van der Waals surface area (Å²) in [5, 5.41) is 0. The summed E-state index contributed by atoms with van der Waals surface area (Å²) in [7, 11) is 2.00. The quantitative estimate of drug-likeness (QED) is 0.921. The molecule has 2 rings (SSSR count). The lowest BCUT2D eigenvalue weighted by Crippen LogP contribution is -2.31. The molecule has 0 saturated carbocycles. The van der Waals surface area contributed by atoms with Gasteiger partial charge >= 0.3 is 0 Å². The molecule has 2 N–H and O–H groups in total. The number of aryl methyl sites for hydroxylation is 2. The van der Waals surface area contributed by atoms with E-state index in [2.05, 4.69) is 36.9 Å². The summed E-state index contributed by atoms with van der Waals surface area (Å²) >= 11 is 0. The molecule has 0 aliphatic heterocycles. The zero-order valence-corrected chi connectivity index (χ0v) is 12.2. The van der Waals surface area contributed by atoms with Gasteiger partial charge in [-0.05, 0) is 43.2 Å². The van der Waals surface area contributed by atoms with E-state index in [1.807, 2.05) is 13.1 Å². The molecule has 2 nitrogen and oxygen atoms in total. The third-order valence-corrected chi connectivity index (χ3v) is 3.66. The summed E-state index contributed by atoms with van der Waals surface area (Å²) in [5.74, 6) is -0.227. The van der Waals surface area contributed by atoms with Gasteiger partial charge in [0.2, 0.25) is 0 Å². The van der Waals surface area contributed by atoms with Crippen LogP contribution in [0.3, 0.4) is 0 Å². The second-order valence-electron chi connectivity index (χ2n) is 5.21. The van der Waals surface area contributed by atoms with E-state index in [0.29, 0.717) is 6.54 Å². The zero-order valence-electron chi connectivity index (χ0n) is 12.2. The summed E-state index contributed by atoms with van der Waals surface area (Å²) in [6.07, 6.45) is 0. The van der Waals surface area contributed by atoms with E-state index in [9.17, 15) is 4.39 Å². The molecule has 3 heteroatoms. The van der Waals surface area contributed by atoms with Gasteiger partial charge < -0.3 is 10.6 Å². The van der Waals surface area contributed by atoms with Crippen LogP contribution < -0.4 is 10.6 Å². The van der Waals surface area contributed by atoms with E-state index in [4.69, 9.17) is 5.73 Å². The van der Waals surface area contributed by atoms with E-state index in [-0.39, 0.29) is 11.9 Å². The number of nitrogens with two attached hydrogens (primary N) is 1. The first-order chi connectivity index (χ1) is 9.52. The molecule has 1 atom stereocenters. The summed E-state index contributed by atoms with van der Waals surface area (Å²) in [4.78, 5) is 2.11. The predicted molar refractivity (Wildman–Crippen MR) is 82.5 cm³/mol. The monoisotopic (exact) mass is 272 g/mol. The van der Waals surface area contributed by atoms with Crippen molar-refractivity contribution in [3.63, 3.8) is 0 Å². The van der Waals surface area contributed by atoms with Crippen LogP contribution >= 0.6 is 0 Å². The first-order valence-electron chi connectivity index (χ1n) is 6.78. The molecular weight excluding hydrogens is 251 g/mol. The second kappa shape index (κ2) is 6.06. The van der Waals surface area contributed by atoms with Crippen molar-refractivity contribution < 1.29 is 4.39 Å². The number of nitrogens with zero attached hydrogens (tertiary/aromatic N) is 1. The Morgan fingerprint density at radius 3 is 2.50 bits per heavy atom. The number of rotatable bonds is 4. The smallest absolute Gasteiger partial charge is 0.123 e. The van der Waals surface area contributed by atoms with Crippen LogP contribution in [0, 0.1) is 19.7 Å². The van der Waals surface area contributed by atoms with Crippen LogP contribution in [-0.2, 0) is 0 Å². The summed E-state index contributed by atoms with van der Waals surface area (Å²) in [6, 6.07) is 12.9. The fraction of sp³-hybridized carbons (Fsp3) is 0.294. The average molecular weight is 272 g/mol. The van der Waals surface area contributed by atoms with Crippen molar-refractivity contribution in [1.82, 2.24) is 0 Å². The Labute approximate surface area is 120 Å². The molecule has 0 heterocycles. The Balaban J connectivity index is 2.36. The zero-order chi connectivity index (χ0) is 14.7. The van der Waals surface area contributed by atoms with Crippen molar-refractivity contribution in [2.45, 2.75) is 19.9 Å². The number of anilines is 1. The highest BCUT2D eigenvalue weighted by Crippen LogP contribution is 2.28. The minimum Gasteiger partial charge on any atom is -0.366 e. The van der Waals surface area contributed by atoms with Gasteiger partial charge in [0.05, 0.1) is 6.04 Å². The number of hydrogen-bond acceptors (Lipinski definition) is 2. The molecule has 0 aliphatic rings. The van der Waals surface area contributed by atoms with E-state index in [1.165, 1.54) is 17.2 Å². The molecule has 0 fully saturated rings. The maximum atomic E-state index is 13.4. The van der Waals surface area contributed by atoms with Crippen LogP contribution in [0.15, 0.2) is 42.5 Å². The first kappa shape index (κ1) is 14.5. The lowest BCUT2D eigenvalue weighted by atomic mass is 10.0. The highest BCUT2D eigenvalue weighted by atomic mass is 19.1. The number of halogens is 1. The lowest BCUT2D eigenvalue weighted by Gasteiger charge is -2.31. The highest BCUT2D eigenvalue weighted by Gasteiger charge is 2.17. The van der Waals surface area contributed by atoms with E-state index < -0.39 is 0 Å². The maximum absolute atomic E-state index is 13.4. The number of benzene rings is 2. The van der Waals surface area contributed by atoms with Gasteiger partial charge in [-0.3, -0.25) is 0 Å². The minimum absolute atomic E-state index is 0.0351. The lowest BCUT2D eigenvalue weighted by molar-refractivity contribution is 0.615. The molecule has 0 bridgehead atoms. The van der Waals surface area contributed by atoms with Gasteiger partial charge in [0.25, 0.3) is 0 Å². The topological polar surface area (TPSA) is 29.3 Å². The molecule has 0 aromatic heterocycles. The van der Waals surface area contributed by atoms with Crippen molar-refractivity contribution in [3.8, 4) is 0 Å². The van der Waals surface area contributed by atoms with Gasteiger partial charge in [0.15, 0.2) is 0 Å². The molecular formula is C17H21FN2. The summed E-state index contributed by atoms with van der Waals surface area (Å²) in [5.41, 5.74) is 10.4. The Morgan fingerprint density at radius 1 is 1.15 bits per heavy atom. The van der Waals surface area contributed by atoms with Crippen molar-refractivity contribution in [2.75, 3.05) is 18.5 Å². The largest absolute Gasteiger partial charge is 0.366 e. The minimum atomic E-state index is -0.227. The molecule has 106 valence electrons. The molecule has 0 spiro atoms. The molecule has 0 radical (unpaired) electrons. The second-order valence-corrected chi connectivity index (χ2v) is 5.21. The van der Waals surface area contributed by atoms with Gasteiger partial charge in [-0.25, -0.2) is 4.39 Å². The van der Waals surface area contributed by atoms with E-state index >= 15 is 0 Å².